The van der Waals surface area contributed by atoms with E-state index in [1.165, 1.54) is 186 Å². The highest BCUT2D eigenvalue weighted by Gasteiger charge is 2.09. The first-order chi connectivity index (χ1) is 45.5. The summed E-state index contributed by atoms with van der Waals surface area (Å²) in [6.45, 7) is 26.0. The summed E-state index contributed by atoms with van der Waals surface area (Å²) in [5.74, 6) is 0. The molecular weight excluding hydrogens is 1130 g/mol. The van der Waals surface area contributed by atoms with Crippen LogP contribution in [0.5, 0.6) is 0 Å². The zero-order valence-electron chi connectivity index (χ0n) is 56.7. The second kappa shape index (κ2) is 28.1. The molecule has 0 amide bonds. The molecule has 0 spiro atoms. The summed E-state index contributed by atoms with van der Waals surface area (Å²) in [4.78, 5) is 0. The minimum Gasteiger partial charge on any atom is -0.0616 e. The molecule has 17 aromatic rings. The lowest BCUT2D eigenvalue weighted by Gasteiger charge is -2.11. The fourth-order valence-electron chi connectivity index (χ4n) is 13.4. The number of hydrogen-bond acceptors (Lipinski definition) is 0. The van der Waals surface area contributed by atoms with Crippen LogP contribution in [0.15, 0.2) is 291 Å². The fraction of sp³-hybridized carbons (Fsp3) is 0.128. The maximum Gasteiger partial charge on any atom is -0.0146 e. The van der Waals surface area contributed by atoms with Crippen molar-refractivity contribution in [3.8, 4) is 11.1 Å². The van der Waals surface area contributed by atoms with Crippen LogP contribution in [-0.4, -0.2) is 0 Å². The highest BCUT2D eigenvalue weighted by Crippen LogP contribution is 2.34. The van der Waals surface area contributed by atoms with Gasteiger partial charge < -0.3 is 0 Å². The average Bonchev–Trinajstić information content (AvgIpc) is 0.800. The van der Waals surface area contributed by atoms with E-state index in [9.17, 15) is 0 Å². The number of fused-ring (bicyclic) bond motifs is 10. The van der Waals surface area contributed by atoms with Gasteiger partial charge in [0.2, 0.25) is 0 Å². The Morgan fingerprint density at radius 1 is 0.138 bits per heavy atom. The van der Waals surface area contributed by atoms with Crippen molar-refractivity contribution in [3.05, 3.63) is 358 Å². The number of benzene rings is 17. The minimum atomic E-state index is 1.29. The van der Waals surface area contributed by atoms with Crippen LogP contribution in [0.2, 0.25) is 0 Å². The third kappa shape index (κ3) is 13.9. The molecule has 460 valence electrons. The van der Waals surface area contributed by atoms with Crippen molar-refractivity contribution >= 4 is 108 Å². The van der Waals surface area contributed by atoms with Crippen molar-refractivity contribution in [2.45, 2.75) is 83.1 Å². The SMILES string of the molecule is Cc1c2ccccc2c(C)c2ccccc12.Cc1ccc(-c2ccc(C)cc2)cc1.Cc1ccc(C)c2cc3ccccc3cc12.Cc1ccc2cc3cc(C)ccc3cc2c1.Cc1cccc2c(C)c3ccccc3cc12.Cc1cccc2cc3c(C)cccc3cc12. The van der Waals surface area contributed by atoms with E-state index in [1.54, 1.807) is 0 Å². The molecule has 17 rings (SSSR count). The zero-order valence-corrected chi connectivity index (χ0v) is 56.7. The minimum absolute atomic E-state index is 1.29. The lowest BCUT2D eigenvalue weighted by atomic mass is 9.93. The van der Waals surface area contributed by atoms with E-state index < -0.39 is 0 Å². The van der Waals surface area contributed by atoms with Gasteiger partial charge in [-0.05, 0) is 289 Å². The van der Waals surface area contributed by atoms with E-state index in [-0.39, 0.29) is 0 Å². The van der Waals surface area contributed by atoms with Crippen LogP contribution in [0.25, 0.3) is 119 Å². The Balaban J connectivity index is 0.000000108. The van der Waals surface area contributed by atoms with E-state index in [0.29, 0.717) is 0 Å². The lowest BCUT2D eigenvalue weighted by molar-refractivity contribution is 1.45. The summed E-state index contributed by atoms with van der Waals surface area (Å²) in [7, 11) is 0. The molecule has 0 bridgehead atoms. The van der Waals surface area contributed by atoms with Crippen molar-refractivity contribution in [2.24, 2.45) is 0 Å². The Morgan fingerprint density at radius 3 is 0.819 bits per heavy atom. The Labute approximate surface area is 556 Å². The molecule has 0 atom stereocenters. The Morgan fingerprint density at radius 2 is 0.394 bits per heavy atom. The molecule has 0 saturated heterocycles. The molecule has 0 unspecified atom stereocenters. The first-order valence-electron chi connectivity index (χ1n) is 33.1. The molecule has 0 radical (unpaired) electrons. The molecule has 17 aromatic carbocycles. The molecule has 0 saturated carbocycles. The highest BCUT2D eigenvalue weighted by atomic mass is 14.1. The van der Waals surface area contributed by atoms with Crippen LogP contribution in [-0.2, 0) is 0 Å². The van der Waals surface area contributed by atoms with Crippen LogP contribution in [0, 0.1) is 83.1 Å². The van der Waals surface area contributed by atoms with Gasteiger partial charge in [0.25, 0.3) is 0 Å². The number of hydrogen-bond donors (Lipinski definition) is 0. The summed E-state index contributed by atoms with van der Waals surface area (Å²) in [6, 6.07) is 105. The van der Waals surface area contributed by atoms with Crippen LogP contribution < -0.4 is 0 Å². The molecule has 0 heteroatoms. The molecular formula is C94H84. The quantitative estimate of drug-likeness (QED) is 0.144. The van der Waals surface area contributed by atoms with Gasteiger partial charge in [-0.25, -0.2) is 0 Å². The van der Waals surface area contributed by atoms with E-state index in [4.69, 9.17) is 0 Å². The fourth-order valence-corrected chi connectivity index (χ4v) is 13.4. The largest absolute Gasteiger partial charge is 0.0616 e. The lowest BCUT2D eigenvalue weighted by Crippen LogP contribution is -1.87. The van der Waals surface area contributed by atoms with Gasteiger partial charge in [0.15, 0.2) is 0 Å². The summed E-state index contributed by atoms with van der Waals surface area (Å²) in [5, 5.41) is 27.0. The third-order valence-electron chi connectivity index (χ3n) is 19.0. The predicted octanol–water partition coefficient (Wildman–Crippen LogP) is 27.0. The van der Waals surface area contributed by atoms with Crippen LogP contribution in [0.1, 0.15) is 66.8 Å². The summed E-state index contributed by atoms with van der Waals surface area (Å²) < 4.78 is 0. The van der Waals surface area contributed by atoms with Gasteiger partial charge in [0, 0.05) is 0 Å². The monoisotopic (exact) mass is 1210 g/mol. The molecule has 0 aromatic heterocycles. The number of aryl methyl sites for hydroxylation is 12. The summed E-state index contributed by atoms with van der Waals surface area (Å²) in [5.41, 5.74) is 18.7. The normalized spacial score (nSPS) is 11.0. The molecule has 0 aliphatic rings. The second-order valence-corrected chi connectivity index (χ2v) is 25.9. The van der Waals surface area contributed by atoms with Gasteiger partial charge in [-0.2, -0.15) is 0 Å². The maximum absolute atomic E-state index is 2.30. The van der Waals surface area contributed by atoms with E-state index in [1.807, 2.05) is 0 Å². The molecule has 0 N–H and O–H groups in total. The molecule has 94 heavy (non-hydrogen) atoms. The maximum atomic E-state index is 2.30. The highest BCUT2D eigenvalue weighted by molar-refractivity contribution is 6.07. The standard InChI is InChI=1S/5C16H14.C14H14/c1-11-3-5-13-10-16-8-12(2)4-6-14(16)9-15(13)7-11;1-11-5-3-7-13-10-16-12(2)6-4-8-14(16)9-15(11)13;1-11-13-7-3-5-9-15(13)12(2)16-10-6-4-8-14(11)16;1-11-6-5-9-15-12(2)14-8-4-3-7-13(14)10-16(11)15;1-11-7-8-12(2)16-10-14-6-4-3-5-13(14)9-15(11)16;1-11-3-7-13(8-4-11)14-9-5-12(2)6-10-14/h5*3-10H,1-2H3;3-10H,1-2H3. The summed E-state index contributed by atoms with van der Waals surface area (Å²) >= 11 is 0. The Bertz CT molecular complexity index is 5180. The number of rotatable bonds is 1. The smallest absolute Gasteiger partial charge is 0.0146 e. The Hall–Kier alpha value is -10.7. The first-order valence-corrected chi connectivity index (χ1v) is 33.1. The Kier molecular flexibility index (Phi) is 19.0. The van der Waals surface area contributed by atoms with Crippen molar-refractivity contribution in [3.63, 3.8) is 0 Å². The third-order valence-corrected chi connectivity index (χ3v) is 19.0. The summed E-state index contributed by atoms with van der Waals surface area (Å²) in [6.07, 6.45) is 0. The van der Waals surface area contributed by atoms with Crippen LogP contribution in [0.4, 0.5) is 0 Å². The topological polar surface area (TPSA) is 0 Å². The molecule has 0 fully saturated rings. The second-order valence-electron chi connectivity index (χ2n) is 25.9. The van der Waals surface area contributed by atoms with E-state index >= 15 is 0 Å². The molecule has 0 aliphatic heterocycles. The van der Waals surface area contributed by atoms with E-state index in [2.05, 4.69) is 374 Å². The van der Waals surface area contributed by atoms with Gasteiger partial charge in [-0.1, -0.05) is 271 Å². The molecule has 0 aliphatic carbocycles. The average molecular weight is 1210 g/mol. The van der Waals surface area contributed by atoms with Gasteiger partial charge >= 0.3 is 0 Å². The van der Waals surface area contributed by atoms with Gasteiger partial charge in [-0.3, -0.25) is 0 Å². The molecule has 0 heterocycles. The van der Waals surface area contributed by atoms with Crippen LogP contribution >= 0.6 is 0 Å². The predicted molar refractivity (Wildman–Crippen MR) is 416 cm³/mol. The first kappa shape index (κ1) is 63.5. The zero-order chi connectivity index (χ0) is 65.6. The van der Waals surface area contributed by atoms with Gasteiger partial charge in [0.1, 0.15) is 0 Å². The van der Waals surface area contributed by atoms with Gasteiger partial charge in [-0.15, -0.1) is 0 Å². The van der Waals surface area contributed by atoms with E-state index in [0.717, 1.165) is 0 Å². The molecule has 0 nitrogen and oxygen atoms in total. The van der Waals surface area contributed by atoms with Crippen molar-refractivity contribution in [1.29, 1.82) is 0 Å². The van der Waals surface area contributed by atoms with Gasteiger partial charge in [0.05, 0.1) is 0 Å². The van der Waals surface area contributed by atoms with Crippen molar-refractivity contribution in [2.75, 3.05) is 0 Å². The van der Waals surface area contributed by atoms with Crippen LogP contribution in [0.3, 0.4) is 0 Å². The van der Waals surface area contributed by atoms with Crippen molar-refractivity contribution in [1.82, 2.24) is 0 Å². The van der Waals surface area contributed by atoms with Crippen molar-refractivity contribution < 1.29 is 0 Å².